The van der Waals surface area contributed by atoms with Crippen LogP contribution in [0.1, 0.15) is 10.5 Å². The number of aromatic nitrogens is 2. The third-order valence-corrected chi connectivity index (χ3v) is 2.81. The second-order valence-electron chi connectivity index (χ2n) is 3.38. The standard InChI is InChI=1S/C12H8BrFN2O2/c1-18-12(17)11-9(14)10(15-6-16-11)7-2-4-8(13)5-3-7/h2-6H,1H3. The molecule has 92 valence electrons. The largest absolute Gasteiger partial charge is 0.464 e. The minimum absolute atomic E-state index is 0.0675. The van der Waals surface area contributed by atoms with Gasteiger partial charge in [0.05, 0.1) is 7.11 Å². The molecule has 2 aromatic rings. The summed E-state index contributed by atoms with van der Waals surface area (Å²) in [5, 5.41) is 0. The molecule has 0 fully saturated rings. The van der Waals surface area contributed by atoms with E-state index >= 15 is 0 Å². The summed E-state index contributed by atoms with van der Waals surface area (Å²) in [7, 11) is 1.17. The van der Waals surface area contributed by atoms with Gasteiger partial charge in [-0.05, 0) is 12.1 Å². The maximum Gasteiger partial charge on any atom is 0.359 e. The van der Waals surface area contributed by atoms with Crippen LogP contribution in [0.3, 0.4) is 0 Å². The summed E-state index contributed by atoms with van der Waals surface area (Å²) in [5.74, 6) is -1.61. The van der Waals surface area contributed by atoms with Crippen molar-refractivity contribution in [3.05, 3.63) is 46.6 Å². The summed E-state index contributed by atoms with van der Waals surface area (Å²) >= 11 is 3.28. The van der Waals surface area contributed by atoms with Crippen LogP contribution in [-0.4, -0.2) is 23.0 Å². The molecule has 0 aliphatic carbocycles. The molecule has 6 heteroatoms. The first-order chi connectivity index (χ1) is 8.63. The molecular formula is C12H8BrFN2O2. The molecule has 0 bridgehead atoms. The van der Waals surface area contributed by atoms with Gasteiger partial charge in [-0.2, -0.15) is 0 Å². The van der Waals surface area contributed by atoms with Crippen LogP contribution in [0.25, 0.3) is 11.3 Å². The van der Waals surface area contributed by atoms with E-state index in [1.54, 1.807) is 24.3 Å². The Morgan fingerprint density at radius 1 is 1.28 bits per heavy atom. The average molecular weight is 311 g/mol. The first-order valence-corrected chi connectivity index (χ1v) is 5.77. The Kier molecular flexibility index (Phi) is 3.66. The molecule has 0 atom stereocenters. The minimum atomic E-state index is -0.826. The molecule has 0 saturated carbocycles. The Hall–Kier alpha value is -1.82. The molecule has 0 radical (unpaired) electrons. The summed E-state index contributed by atoms with van der Waals surface area (Å²) < 4.78 is 19.4. The van der Waals surface area contributed by atoms with Gasteiger partial charge in [0.2, 0.25) is 0 Å². The number of methoxy groups -OCH3 is 1. The van der Waals surface area contributed by atoms with Crippen LogP contribution in [0.5, 0.6) is 0 Å². The molecule has 1 aromatic carbocycles. The van der Waals surface area contributed by atoms with Gasteiger partial charge >= 0.3 is 5.97 Å². The Bertz CT molecular complexity index is 587. The fourth-order valence-corrected chi connectivity index (χ4v) is 1.68. The molecular weight excluding hydrogens is 303 g/mol. The number of ether oxygens (including phenoxy) is 1. The van der Waals surface area contributed by atoms with E-state index in [1.807, 2.05) is 0 Å². The summed E-state index contributed by atoms with van der Waals surface area (Å²) in [4.78, 5) is 18.7. The predicted molar refractivity (Wildman–Crippen MR) is 66.5 cm³/mol. The van der Waals surface area contributed by atoms with Crippen molar-refractivity contribution in [2.75, 3.05) is 7.11 Å². The number of carbonyl (C=O) groups excluding carboxylic acids is 1. The van der Waals surface area contributed by atoms with Crippen molar-refractivity contribution in [2.45, 2.75) is 0 Å². The summed E-state index contributed by atoms with van der Waals surface area (Å²) in [5.41, 5.74) is 0.256. The van der Waals surface area contributed by atoms with Crippen molar-refractivity contribution in [3.63, 3.8) is 0 Å². The van der Waals surface area contributed by atoms with E-state index in [0.717, 1.165) is 10.8 Å². The SMILES string of the molecule is COC(=O)c1ncnc(-c2ccc(Br)cc2)c1F. The fourth-order valence-electron chi connectivity index (χ4n) is 1.42. The molecule has 18 heavy (non-hydrogen) atoms. The van der Waals surface area contributed by atoms with Crippen molar-refractivity contribution in [1.82, 2.24) is 9.97 Å². The molecule has 0 N–H and O–H groups in total. The van der Waals surface area contributed by atoms with Crippen LogP contribution in [0.2, 0.25) is 0 Å². The Morgan fingerprint density at radius 3 is 2.56 bits per heavy atom. The number of nitrogens with zero attached hydrogens (tertiary/aromatic N) is 2. The van der Waals surface area contributed by atoms with Gasteiger partial charge in [-0.3, -0.25) is 0 Å². The lowest BCUT2D eigenvalue weighted by Gasteiger charge is -2.05. The van der Waals surface area contributed by atoms with E-state index in [4.69, 9.17) is 0 Å². The number of hydrogen-bond acceptors (Lipinski definition) is 4. The Balaban J connectivity index is 2.52. The Morgan fingerprint density at radius 2 is 1.94 bits per heavy atom. The minimum Gasteiger partial charge on any atom is -0.464 e. The second kappa shape index (κ2) is 5.22. The molecule has 1 aromatic heterocycles. The van der Waals surface area contributed by atoms with E-state index in [0.29, 0.717) is 5.56 Å². The van der Waals surface area contributed by atoms with E-state index in [-0.39, 0.29) is 11.4 Å². The van der Waals surface area contributed by atoms with E-state index in [1.165, 1.54) is 7.11 Å². The predicted octanol–water partition coefficient (Wildman–Crippen LogP) is 2.83. The summed E-state index contributed by atoms with van der Waals surface area (Å²) in [6, 6.07) is 6.90. The summed E-state index contributed by atoms with van der Waals surface area (Å²) in [6.45, 7) is 0. The third kappa shape index (κ3) is 2.38. The number of rotatable bonds is 2. The van der Waals surface area contributed by atoms with Crippen molar-refractivity contribution >= 4 is 21.9 Å². The molecule has 0 unspecified atom stereocenters. The zero-order valence-corrected chi connectivity index (χ0v) is 10.9. The molecule has 0 aliphatic heterocycles. The number of benzene rings is 1. The number of hydrogen-bond donors (Lipinski definition) is 0. The average Bonchev–Trinajstić information content (AvgIpc) is 2.39. The lowest BCUT2D eigenvalue weighted by molar-refractivity contribution is 0.0588. The molecule has 0 amide bonds. The van der Waals surface area contributed by atoms with E-state index in [2.05, 4.69) is 30.6 Å². The van der Waals surface area contributed by atoms with Crippen molar-refractivity contribution < 1.29 is 13.9 Å². The van der Waals surface area contributed by atoms with Gasteiger partial charge in [0.1, 0.15) is 12.0 Å². The van der Waals surface area contributed by atoms with Crippen LogP contribution in [-0.2, 0) is 4.74 Å². The lowest BCUT2D eigenvalue weighted by atomic mass is 10.1. The molecule has 4 nitrogen and oxygen atoms in total. The lowest BCUT2D eigenvalue weighted by Crippen LogP contribution is -2.09. The van der Waals surface area contributed by atoms with Gasteiger partial charge < -0.3 is 4.74 Å². The van der Waals surface area contributed by atoms with Gasteiger partial charge in [0.15, 0.2) is 11.5 Å². The summed E-state index contributed by atoms with van der Waals surface area (Å²) in [6.07, 6.45) is 1.13. The van der Waals surface area contributed by atoms with Crippen molar-refractivity contribution in [3.8, 4) is 11.3 Å². The van der Waals surface area contributed by atoms with Gasteiger partial charge in [0.25, 0.3) is 0 Å². The highest BCUT2D eigenvalue weighted by molar-refractivity contribution is 9.10. The Labute approximate surface area is 111 Å². The van der Waals surface area contributed by atoms with Crippen molar-refractivity contribution in [1.29, 1.82) is 0 Å². The first-order valence-electron chi connectivity index (χ1n) is 4.98. The van der Waals surface area contributed by atoms with Gasteiger partial charge in [-0.25, -0.2) is 19.2 Å². The van der Waals surface area contributed by atoms with Crippen LogP contribution >= 0.6 is 15.9 Å². The number of halogens is 2. The highest BCUT2D eigenvalue weighted by Gasteiger charge is 2.19. The maximum absolute atomic E-state index is 14.1. The van der Waals surface area contributed by atoms with Crippen LogP contribution in [0.4, 0.5) is 4.39 Å². The van der Waals surface area contributed by atoms with Crippen LogP contribution in [0.15, 0.2) is 35.1 Å². The fraction of sp³-hybridized carbons (Fsp3) is 0.0833. The molecule has 0 spiro atoms. The van der Waals surface area contributed by atoms with Crippen LogP contribution in [0, 0.1) is 5.82 Å². The van der Waals surface area contributed by atoms with Gasteiger partial charge in [-0.1, -0.05) is 28.1 Å². The monoisotopic (exact) mass is 310 g/mol. The smallest absolute Gasteiger partial charge is 0.359 e. The zero-order valence-electron chi connectivity index (χ0n) is 9.35. The highest BCUT2D eigenvalue weighted by atomic mass is 79.9. The number of carbonyl (C=O) groups is 1. The molecule has 0 aliphatic rings. The molecule has 0 saturated heterocycles. The van der Waals surface area contributed by atoms with Crippen molar-refractivity contribution in [2.24, 2.45) is 0 Å². The zero-order chi connectivity index (χ0) is 13.1. The highest BCUT2D eigenvalue weighted by Crippen LogP contribution is 2.23. The maximum atomic E-state index is 14.1. The molecule has 2 rings (SSSR count). The number of esters is 1. The third-order valence-electron chi connectivity index (χ3n) is 2.29. The van der Waals surface area contributed by atoms with E-state index < -0.39 is 11.8 Å². The van der Waals surface area contributed by atoms with Crippen LogP contribution < -0.4 is 0 Å². The second-order valence-corrected chi connectivity index (χ2v) is 4.30. The van der Waals surface area contributed by atoms with Gasteiger partial charge in [0, 0.05) is 10.0 Å². The first kappa shape index (κ1) is 12.6. The molecule has 1 heterocycles. The van der Waals surface area contributed by atoms with E-state index in [9.17, 15) is 9.18 Å². The normalized spacial score (nSPS) is 10.2. The quantitative estimate of drug-likeness (QED) is 0.800. The topological polar surface area (TPSA) is 52.1 Å². The van der Waals surface area contributed by atoms with Gasteiger partial charge in [-0.15, -0.1) is 0 Å².